The van der Waals surface area contributed by atoms with Gasteiger partial charge in [0.1, 0.15) is 0 Å². The maximum absolute atomic E-state index is 11.9. The molecule has 0 fully saturated rings. The molecule has 0 aromatic heterocycles. The highest BCUT2D eigenvalue weighted by molar-refractivity contribution is 7.89. The van der Waals surface area contributed by atoms with Crippen LogP contribution in [0.25, 0.3) is 0 Å². The van der Waals surface area contributed by atoms with Crippen molar-refractivity contribution in [3.8, 4) is 0 Å². The Hall–Kier alpha value is -1.31. The van der Waals surface area contributed by atoms with Gasteiger partial charge in [-0.2, -0.15) is 0 Å². The van der Waals surface area contributed by atoms with E-state index in [2.05, 4.69) is 4.72 Å². The van der Waals surface area contributed by atoms with Gasteiger partial charge in [-0.25, -0.2) is 13.1 Å². The summed E-state index contributed by atoms with van der Waals surface area (Å²) in [4.78, 5) is 2.02. The molecule has 17 heavy (non-hydrogen) atoms. The molecule has 1 aromatic rings. The Balaban J connectivity index is 2.79. The van der Waals surface area contributed by atoms with Crippen molar-refractivity contribution in [1.82, 2.24) is 9.62 Å². The number of hydrogen-bond acceptors (Lipinski definition) is 5. The molecule has 0 saturated heterocycles. The van der Waals surface area contributed by atoms with E-state index < -0.39 is 10.0 Å². The predicted octanol–water partition coefficient (Wildman–Crippen LogP) is -0.309. The lowest BCUT2D eigenvalue weighted by molar-refractivity contribution is 0.412. The van der Waals surface area contributed by atoms with Crippen LogP contribution in [0.2, 0.25) is 0 Å². The van der Waals surface area contributed by atoms with E-state index >= 15 is 0 Å². The summed E-state index contributed by atoms with van der Waals surface area (Å²) in [6.07, 6.45) is 0. The van der Waals surface area contributed by atoms with E-state index in [4.69, 9.17) is 11.5 Å². The molecule has 0 atom stereocenters. The molecule has 0 saturated carbocycles. The summed E-state index contributed by atoms with van der Waals surface area (Å²) in [5.74, 6) is 0. The van der Waals surface area contributed by atoms with Gasteiger partial charge in [0.05, 0.1) is 16.3 Å². The number of nitrogens with two attached hydrogens (primary N) is 2. The van der Waals surface area contributed by atoms with Crippen LogP contribution in [-0.2, 0) is 10.0 Å². The first-order valence-corrected chi connectivity index (χ1v) is 6.60. The summed E-state index contributed by atoms with van der Waals surface area (Å²) in [6.45, 7) is 0.975. The third kappa shape index (κ3) is 3.88. The van der Waals surface area contributed by atoms with Crippen LogP contribution in [0.4, 0.5) is 11.4 Å². The molecule has 0 radical (unpaired) electrons. The minimum absolute atomic E-state index is 0.128. The van der Waals surface area contributed by atoms with Gasteiger partial charge in [0.2, 0.25) is 10.0 Å². The van der Waals surface area contributed by atoms with Gasteiger partial charge in [0.15, 0.2) is 0 Å². The summed E-state index contributed by atoms with van der Waals surface area (Å²) in [6, 6.07) is 4.27. The van der Waals surface area contributed by atoms with E-state index in [-0.39, 0.29) is 10.6 Å². The normalized spacial score (nSPS) is 11.9. The third-order valence-electron chi connectivity index (χ3n) is 2.22. The van der Waals surface area contributed by atoms with Crippen molar-refractivity contribution in [2.24, 2.45) is 0 Å². The van der Waals surface area contributed by atoms with Crippen molar-refractivity contribution in [1.29, 1.82) is 0 Å². The number of sulfonamides is 1. The van der Waals surface area contributed by atoms with Gasteiger partial charge in [-0.3, -0.25) is 0 Å². The number of hydrogen-bond donors (Lipinski definition) is 3. The molecule has 0 amide bonds. The smallest absolute Gasteiger partial charge is 0.240 e. The standard InChI is InChI=1S/C10H18N4O2S/c1-14(2)6-5-13-17(15,16)8-3-4-9(11)10(12)7-8/h3-4,7,13H,5-6,11-12H2,1-2H3. The molecule has 5 N–H and O–H groups in total. The SMILES string of the molecule is CN(C)CCNS(=O)(=O)c1ccc(N)c(N)c1. The number of nitrogens with one attached hydrogen (secondary N) is 1. The maximum Gasteiger partial charge on any atom is 0.240 e. The van der Waals surface area contributed by atoms with Gasteiger partial charge in [0, 0.05) is 13.1 Å². The fraction of sp³-hybridized carbons (Fsp3) is 0.400. The number of benzene rings is 1. The Morgan fingerprint density at radius 1 is 1.24 bits per heavy atom. The van der Waals surface area contributed by atoms with Gasteiger partial charge in [0.25, 0.3) is 0 Å². The number of anilines is 2. The van der Waals surface area contributed by atoms with E-state index in [9.17, 15) is 8.42 Å². The Labute approximate surface area is 102 Å². The van der Waals surface area contributed by atoms with E-state index in [1.165, 1.54) is 18.2 Å². The first-order valence-electron chi connectivity index (χ1n) is 5.12. The Kier molecular flexibility index (Phi) is 4.33. The first-order chi connectivity index (χ1) is 7.83. The van der Waals surface area contributed by atoms with Crippen LogP contribution in [0.15, 0.2) is 23.1 Å². The zero-order chi connectivity index (χ0) is 13.1. The summed E-state index contributed by atoms with van der Waals surface area (Å²) < 4.78 is 26.2. The van der Waals surface area contributed by atoms with E-state index in [1.807, 2.05) is 19.0 Å². The van der Waals surface area contributed by atoms with Crippen molar-refractivity contribution in [3.05, 3.63) is 18.2 Å². The third-order valence-corrected chi connectivity index (χ3v) is 3.68. The highest BCUT2D eigenvalue weighted by Gasteiger charge is 2.14. The number of likely N-dealkylation sites (N-methyl/N-ethyl adjacent to an activating group) is 1. The predicted molar refractivity (Wildman–Crippen MR) is 69.0 cm³/mol. The maximum atomic E-state index is 11.9. The van der Waals surface area contributed by atoms with Gasteiger partial charge in [-0.05, 0) is 32.3 Å². The van der Waals surface area contributed by atoms with Crippen LogP contribution >= 0.6 is 0 Å². The molecule has 0 unspecified atom stereocenters. The lowest BCUT2D eigenvalue weighted by atomic mass is 10.3. The van der Waals surface area contributed by atoms with E-state index in [0.29, 0.717) is 18.8 Å². The molecule has 0 bridgehead atoms. The van der Waals surface area contributed by atoms with Crippen molar-refractivity contribution in [2.45, 2.75) is 4.90 Å². The zero-order valence-corrected chi connectivity index (χ0v) is 10.8. The van der Waals surface area contributed by atoms with Crippen LogP contribution in [-0.4, -0.2) is 40.5 Å². The lowest BCUT2D eigenvalue weighted by Gasteiger charge is -2.11. The van der Waals surface area contributed by atoms with Crippen molar-refractivity contribution in [2.75, 3.05) is 38.7 Å². The molecule has 0 aliphatic rings. The van der Waals surface area contributed by atoms with Crippen molar-refractivity contribution >= 4 is 21.4 Å². The molecule has 0 heterocycles. The van der Waals surface area contributed by atoms with Gasteiger partial charge >= 0.3 is 0 Å². The van der Waals surface area contributed by atoms with E-state index in [1.54, 1.807) is 0 Å². The highest BCUT2D eigenvalue weighted by atomic mass is 32.2. The van der Waals surface area contributed by atoms with Crippen molar-refractivity contribution in [3.63, 3.8) is 0 Å². The molecule has 0 spiro atoms. The average Bonchev–Trinajstić information content (AvgIpc) is 2.21. The molecule has 6 nitrogen and oxygen atoms in total. The Bertz CT molecular complexity index is 485. The number of rotatable bonds is 5. The minimum atomic E-state index is -3.51. The second-order valence-electron chi connectivity index (χ2n) is 3.99. The summed E-state index contributed by atoms with van der Waals surface area (Å²) >= 11 is 0. The zero-order valence-electron chi connectivity index (χ0n) is 9.97. The van der Waals surface area contributed by atoms with Crippen LogP contribution in [0, 0.1) is 0 Å². The van der Waals surface area contributed by atoms with Gasteiger partial charge in [-0.1, -0.05) is 0 Å². The highest BCUT2D eigenvalue weighted by Crippen LogP contribution is 2.19. The molecule has 7 heteroatoms. The molecular formula is C10H18N4O2S. The Morgan fingerprint density at radius 2 is 1.88 bits per heavy atom. The van der Waals surface area contributed by atoms with Crippen LogP contribution in [0.1, 0.15) is 0 Å². The topological polar surface area (TPSA) is 101 Å². The second kappa shape index (κ2) is 5.35. The molecule has 96 valence electrons. The minimum Gasteiger partial charge on any atom is -0.397 e. The first kappa shape index (κ1) is 13.8. The quantitative estimate of drug-likeness (QED) is 0.629. The largest absolute Gasteiger partial charge is 0.397 e. The van der Waals surface area contributed by atoms with Gasteiger partial charge < -0.3 is 16.4 Å². The average molecular weight is 258 g/mol. The fourth-order valence-corrected chi connectivity index (χ4v) is 2.26. The molecule has 0 aliphatic heterocycles. The number of nitrogens with zero attached hydrogens (tertiary/aromatic N) is 1. The monoisotopic (exact) mass is 258 g/mol. The van der Waals surface area contributed by atoms with Crippen LogP contribution in [0.3, 0.4) is 0 Å². The summed E-state index contributed by atoms with van der Waals surface area (Å²) in [5, 5.41) is 0. The molecular weight excluding hydrogens is 240 g/mol. The van der Waals surface area contributed by atoms with Crippen molar-refractivity contribution < 1.29 is 8.42 Å². The Morgan fingerprint density at radius 3 is 2.41 bits per heavy atom. The summed E-state index contributed by atoms with van der Waals surface area (Å²) in [5.41, 5.74) is 11.7. The van der Waals surface area contributed by atoms with E-state index in [0.717, 1.165) is 0 Å². The fourth-order valence-electron chi connectivity index (χ4n) is 1.21. The second-order valence-corrected chi connectivity index (χ2v) is 5.76. The summed E-state index contributed by atoms with van der Waals surface area (Å²) in [7, 11) is 0.234. The number of nitrogen functional groups attached to an aromatic ring is 2. The molecule has 0 aliphatic carbocycles. The molecule has 1 rings (SSSR count). The van der Waals surface area contributed by atoms with Crippen LogP contribution < -0.4 is 16.2 Å². The van der Waals surface area contributed by atoms with Crippen LogP contribution in [0.5, 0.6) is 0 Å². The lowest BCUT2D eigenvalue weighted by Crippen LogP contribution is -2.31. The molecule has 1 aromatic carbocycles. The van der Waals surface area contributed by atoms with Gasteiger partial charge in [-0.15, -0.1) is 0 Å².